The van der Waals surface area contributed by atoms with Crippen LogP contribution in [0.5, 0.6) is 0 Å². The molecular formula is C17H25ClN2S. The van der Waals surface area contributed by atoms with Gasteiger partial charge in [0, 0.05) is 23.7 Å². The highest BCUT2D eigenvalue weighted by atomic mass is 35.5. The summed E-state index contributed by atoms with van der Waals surface area (Å²) in [5.74, 6) is 1.71. The maximum Gasteiger partial charge on any atom is 0.193 e. The fourth-order valence-corrected chi connectivity index (χ4v) is 4.76. The van der Waals surface area contributed by atoms with Gasteiger partial charge in [0.25, 0.3) is 0 Å². The lowest BCUT2D eigenvalue weighted by atomic mass is 9.68. The number of hydrogen-bond donors (Lipinski definition) is 0. The summed E-state index contributed by atoms with van der Waals surface area (Å²) in [6.07, 6.45) is 14.7. The van der Waals surface area contributed by atoms with Gasteiger partial charge in [0.15, 0.2) is 4.96 Å². The molecule has 0 unspecified atom stereocenters. The minimum Gasteiger partial charge on any atom is -0.297 e. The molecule has 1 aliphatic carbocycles. The Kier molecular flexibility index (Phi) is 4.90. The van der Waals surface area contributed by atoms with E-state index < -0.39 is 0 Å². The first-order chi connectivity index (χ1) is 10.2. The molecule has 2 heterocycles. The average molecular weight is 325 g/mol. The van der Waals surface area contributed by atoms with Gasteiger partial charge in [-0.1, -0.05) is 26.2 Å². The monoisotopic (exact) mass is 324 g/mol. The van der Waals surface area contributed by atoms with Gasteiger partial charge in [0.05, 0.1) is 5.69 Å². The number of rotatable bonds is 6. The molecule has 0 saturated heterocycles. The highest BCUT2D eigenvalue weighted by Gasteiger charge is 2.35. The normalized spacial score (nSPS) is 26.5. The van der Waals surface area contributed by atoms with E-state index in [1.54, 1.807) is 11.3 Å². The van der Waals surface area contributed by atoms with Crippen molar-refractivity contribution in [3.63, 3.8) is 0 Å². The van der Waals surface area contributed by atoms with Crippen molar-refractivity contribution < 1.29 is 0 Å². The Balaban J connectivity index is 1.63. The molecule has 3 rings (SSSR count). The van der Waals surface area contributed by atoms with Crippen molar-refractivity contribution >= 4 is 27.9 Å². The second-order valence-electron chi connectivity index (χ2n) is 6.72. The second kappa shape index (κ2) is 6.70. The smallest absolute Gasteiger partial charge is 0.193 e. The van der Waals surface area contributed by atoms with Crippen LogP contribution in [0.1, 0.15) is 57.6 Å². The SMILES string of the molecule is CCCCC1CCC(CCl)(Cc2cn3ccsc3n2)CC1. The lowest BCUT2D eigenvalue weighted by Gasteiger charge is -2.38. The molecule has 4 heteroatoms. The highest BCUT2D eigenvalue weighted by Crippen LogP contribution is 2.43. The van der Waals surface area contributed by atoms with Crippen LogP contribution in [-0.4, -0.2) is 15.3 Å². The van der Waals surface area contributed by atoms with E-state index in [1.165, 1.54) is 50.6 Å². The second-order valence-corrected chi connectivity index (χ2v) is 7.86. The molecule has 0 bridgehead atoms. The Morgan fingerprint density at radius 2 is 2.24 bits per heavy atom. The molecule has 0 aliphatic heterocycles. The molecule has 1 saturated carbocycles. The predicted molar refractivity (Wildman–Crippen MR) is 91.4 cm³/mol. The Bertz CT molecular complexity index is 538. The Morgan fingerprint density at radius 3 is 2.90 bits per heavy atom. The first-order valence-corrected chi connectivity index (χ1v) is 9.63. The zero-order chi connectivity index (χ0) is 14.7. The number of thiazole rings is 1. The molecular weight excluding hydrogens is 300 g/mol. The van der Waals surface area contributed by atoms with Crippen LogP contribution in [0.3, 0.4) is 0 Å². The van der Waals surface area contributed by atoms with Crippen LogP contribution in [0.4, 0.5) is 0 Å². The third-order valence-corrected chi connectivity index (χ3v) is 6.45. The third-order valence-electron chi connectivity index (χ3n) is 5.11. The minimum absolute atomic E-state index is 0.286. The van der Waals surface area contributed by atoms with Gasteiger partial charge < -0.3 is 0 Å². The Labute approximate surface area is 136 Å². The summed E-state index contributed by atoms with van der Waals surface area (Å²) in [5, 5.41) is 2.09. The molecule has 0 spiro atoms. The van der Waals surface area contributed by atoms with Crippen molar-refractivity contribution in [2.24, 2.45) is 11.3 Å². The van der Waals surface area contributed by atoms with E-state index in [0.29, 0.717) is 0 Å². The summed E-state index contributed by atoms with van der Waals surface area (Å²) in [5.41, 5.74) is 1.50. The molecule has 116 valence electrons. The maximum absolute atomic E-state index is 6.38. The van der Waals surface area contributed by atoms with Gasteiger partial charge in [-0.3, -0.25) is 4.40 Å². The molecule has 0 atom stereocenters. The molecule has 2 nitrogen and oxygen atoms in total. The first kappa shape index (κ1) is 15.4. The van der Waals surface area contributed by atoms with E-state index >= 15 is 0 Å². The molecule has 21 heavy (non-hydrogen) atoms. The van der Waals surface area contributed by atoms with Gasteiger partial charge in [-0.05, 0) is 43.4 Å². The first-order valence-electron chi connectivity index (χ1n) is 8.22. The van der Waals surface area contributed by atoms with Crippen LogP contribution in [-0.2, 0) is 6.42 Å². The van der Waals surface area contributed by atoms with Gasteiger partial charge in [-0.15, -0.1) is 22.9 Å². The van der Waals surface area contributed by atoms with Gasteiger partial charge in [-0.2, -0.15) is 0 Å². The van der Waals surface area contributed by atoms with Crippen molar-refractivity contribution in [2.75, 3.05) is 5.88 Å². The summed E-state index contributed by atoms with van der Waals surface area (Å²) in [7, 11) is 0. The van der Waals surface area contributed by atoms with Crippen LogP contribution in [0.2, 0.25) is 0 Å². The highest BCUT2D eigenvalue weighted by molar-refractivity contribution is 7.15. The van der Waals surface area contributed by atoms with E-state index in [4.69, 9.17) is 16.6 Å². The maximum atomic E-state index is 6.38. The predicted octanol–water partition coefficient (Wildman–Crippen LogP) is 5.54. The van der Waals surface area contributed by atoms with Gasteiger partial charge in [0.2, 0.25) is 0 Å². The quantitative estimate of drug-likeness (QED) is 0.637. The van der Waals surface area contributed by atoms with Gasteiger partial charge in [0.1, 0.15) is 0 Å². The van der Waals surface area contributed by atoms with Crippen molar-refractivity contribution in [3.8, 4) is 0 Å². The Morgan fingerprint density at radius 1 is 1.43 bits per heavy atom. The fraction of sp³-hybridized carbons (Fsp3) is 0.706. The molecule has 0 N–H and O–H groups in total. The summed E-state index contributed by atoms with van der Waals surface area (Å²) in [6.45, 7) is 2.29. The molecule has 2 aromatic heterocycles. The van der Waals surface area contributed by atoms with E-state index in [2.05, 4.69) is 29.1 Å². The molecule has 0 radical (unpaired) electrons. The average Bonchev–Trinajstić information content (AvgIpc) is 3.07. The zero-order valence-electron chi connectivity index (χ0n) is 12.9. The lowest BCUT2D eigenvalue weighted by Crippen LogP contribution is -2.31. The summed E-state index contributed by atoms with van der Waals surface area (Å²) < 4.78 is 2.13. The van der Waals surface area contributed by atoms with Crippen LogP contribution in [0, 0.1) is 11.3 Å². The van der Waals surface area contributed by atoms with Crippen LogP contribution >= 0.6 is 22.9 Å². The van der Waals surface area contributed by atoms with Crippen molar-refractivity contribution in [1.29, 1.82) is 0 Å². The number of fused-ring (bicyclic) bond motifs is 1. The minimum atomic E-state index is 0.286. The summed E-state index contributed by atoms with van der Waals surface area (Å²) in [6, 6.07) is 0. The van der Waals surface area contributed by atoms with E-state index in [1.807, 2.05) is 0 Å². The van der Waals surface area contributed by atoms with Gasteiger partial charge in [-0.25, -0.2) is 4.98 Å². The summed E-state index contributed by atoms with van der Waals surface area (Å²) >= 11 is 8.08. The summed E-state index contributed by atoms with van der Waals surface area (Å²) in [4.78, 5) is 5.85. The van der Waals surface area contributed by atoms with E-state index in [9.17, 15) is 0 Å². The Hall–Kier alpha value is -0.540. The topological polar surface area (TPSA) is 17.3 Å². The molecule has 0 aromatic carbocycles. The number of imidazole rings is 1. The molecule has 2 aromatic rings. The standard InChI is InChI=1S/C17H25ClN2S/c1-2-3-4-14-5-7-17(13-18,8-6-14)11-15-12-20-9-10-21-16(20)19-15/h9-10,12,14H,2-8,11,13H2,1H3. The van der Waals surface area contributed by atoms with Crippen molar-refractivity contribution in [3.05, 3.63) is 23.5 Å². The van der Waals surface area contributed by atoms with E-state index in [0.717, 1.165) is 23.2 Å². The number of aromatic nitrogens is 2. The van der Waals surface area contributed by atoms with Crippen LogP contribution < -0.4 is 0 Å². The van der Waals surface area contributed by atoms with Crippen LogP contribution in [0.15, 0.2) is 17.8 Å². The molecule has 1 aliphatic rings. The largest absolute Gasteiger partial charge is 0.297 e. The number of halogens is 1. The zero-order valence-corrected chi connectivity index (χ0v) is 14.4. The van der Waals surface area contributed by atoms with Crippen molar-refractivity contribution in [2.45, 2.75) is 58.3 Å². The number of unbranched alkanes of at least 4 members (excludes halogenated alkanes) is 1. The van der Waals surface area contributed by atoms with Crippen LogP contribution in [0.25, 0.3) is 4.96 Å². The molecule has 0 amide bonds. The number of nitrogens with zero attached hydrogens (tertiary/aromatic N) is 2. The lowest BCUT2D eigenvalue weighted by molar-refractivity contribution is 0.165. The third kappa shape index (κ3) is 3.45. The number of hydrogen-bond acceptors (Lipinski definition) is 2. The van der Waals surface area contributed by atoms with Gasteiger partial charge >= 0.3 is 0 Å². The van der Waals surface area contributed by atoms with E-state index in [-0.39, 0.29) is 5.41 Å². The van der Waals surface area contributed by atoms with Crippen molar-refractivity contribution in [1.82, 2.24) is 9.38 Å². The molecule has 1 fully saturated rings. The fourth-order valence-electron chi connectivity index (χ4n) is 3.67. The number of alkyl halides is 1.